The summed E-state index contributed by atoms with van der Waals surface area (Å²) in [6.45, 7) is -0.883. The summed E-state index contributed by atoms with van der Waals surface area (Å²) in [5.41, 5.74) is 0. The topological polar surface area (TPSA) is 78.3 Å². The predicted octanol–water partition coefficient (Wildman–Crippen LogP) is 3.16. The molecule has 0 saturated heterocycles. The van der Waals surface area contributed by atoms with Gasteiger partial charge in [-0.2, -0.15) is 45.6 Å². The van der Waals surface area contributed by atoms with Gasteiger partial charge in [-0.25, -0.2) is 4.98 Å². The van der Waals surface area contributed by atoms with Gasteiger partial charge in [0.1, 0.15) is 12.2 Å². The molecule has 0 radical (unpaired) electrons. The summed E-state index contributed by atoms with van der Waals surface area (Å²) in [5, 5.41) is 20.1. The molecule has 0 amide bonds. The van der Waals surface area contributed by atoms with Gasteiger partial charge in [-0.15, -0.1) is 5.10 Å². The Balaban J connectivity index is 3.06. The van der Waals surface area contributed by atoms with Gasteiger partial charge in [0.2, 0.25) is 5.82 Å². The van der Waals surface area contributed by atoms with Crippen LogP contribution in [0.2, 0.25) is 0 Å². The highest BCUT2D eigenvalue weighted by Crippen LogP contribution is 2.42. The zero-order valence-electron chi connectivity index (χ0n) is 11.4. The van der Waals surface area contributed by atoms with Crippen molar-refractivity contribution in [1.82, 2.24) is 14.8 Å². The highest BCUT2D eigenvalue weighted by atomic mass is 19.4. The lowest BCUT2D eigenvalue weighted by molar-refractivity contribution is -0.292. The number of alkyl halides is 8. The third kappa shape index (κ3) is 4.53. The molecular weight excluding hydrogens is 354 g/mol. The predicted molar refractivity (Wildman–Crippen MR) is 58.8 cm³/mol. The number of nitrogens with zero attached hydrogens (tertiary/aromatic N) is 5. The molecule has 1 atom stereocenters. The number of halogens is 8. The van der Waals surface area contributed by atoms with E-state index in [-0.39, 0.29) is 0 Å². The molecule has 1 aromatic heterocycles. The molecule has 132 valence electrons. The number of hydrogen-bond donors (Lipinski definition) is 0. The van der Waals surface area contributed by atoms with E-state index in [0.717, 1.165) is 0 Å². The Hall–Kier alpha value is -2.44. The molecule has 0 bridgehead atoms. The van der Waals surface area contributed by atoms with Gasteiger partial charge in [-0.05, 0) is 0 Å². The lowest BCUT2D eigenvalue weighted by Gasteiger charge is -2.19. The normalized spacial score (nSPS) is 14.3. The van der Waals surface area contributed by atoms with Crippen LogP contribution < -0.4 is 0 Å². The zero-order valence-corrected chi connectivity index (χ0v) is 11.4. The van der Waals surface area contributed by atoms with Crippen LogP contribution in [0.25, 0.3) is 0 Å². The van der Waals surface area contributed by atoms with E-state index in [9.17, 15) is 35.1 Å². The maximum Gasteiger partial charge on any atom is 0.461 e. The summed E-state index contributed by atoms with van der Waals surface area (Å²) in [6, 6.07) is 2.61. The monoisotopic (exact) mass is 361 g/mol. The molecule has 0 saturated carbocycles. The molecule has 0 aliphatic carbocycles. The smallest absolute Gasteiger partial charge is 0.252 e. The summed E-state index contributed by atoms with van der Waals surface area (Å²) < 4.78 is 100. The third-order valence-electron chi connectivity index (χ3n) is 2.84. The highest BCUT2D eigenvalue weighted by Gasteiger charge is 2.61. The van der Waals surface area contributed by atoms with E-state index >= 15 is 0 Å². The van der Waals surface area contributed by atoms with Crippen LogP contribution in [-0.2, 0) is 12.5 Å². The first-order valence-corrected chi connectivity index (χ1v) is 6.02. The molecular formula is C11H7F8N5. The first kappa shape index (κ1) is 19.6. The summed E-state index contributed by atoms with van der Waals surface area (Å²) in [4.78, 5) is 2.75. The largest absolute Gasteiger partial charge is 0.461 e. The van der Waals surface area contributed by atoms with Crippen molar-refractivity contribution in [2.24, 2.45) is 11.8 Å². The average molecular weight is 361 g/mol. The Bertz CT molecular complexity index is 633. The molecule has 13 heteroatoms. The number of nitriles is 2. The van der Waals surface area contributed by atoms with Crippen molar-refractivity contribution in [3.05, 3.63) is 12.2 Å². The van der Waals surface area contributed by atoms with Crippen LogP contribution in [0.3, 0.4) is 0 Å². The van der Waals surface area contributed by atoms with Crippen molar-refractivity contribution in [2.75, 3.05) is 0 Å². The van der Waals surface area contributed by atoms with Crippen LogP contribution in [0.4, 0.5) is 35.1 Å². The summed E-state index contributed by atoms with van der Waals surface area (Å²) >= 11 is 0. The van der Waals surface area contributed by atoms with E-state index in [4.69, 9.17) is 10.5 Å². The van der Waals surface area contributed by atoms with Gasteiger partial charge < -0.3 is 0 Å². The molecule has 5 nitrogen and oxygen atoms in total. The van der Waals surface area contributed by atoms with Gasteiger partial charge in [0.15, 0.2) is 0 Å². The minimum absolute atomic E-state index is 0.313. The minimum atomic E-state index is -5.98. The molecule has 1 rings (SSSR count). The van der Waals surface area contributed by atoms with Crippen LogP contribution in [0, 0.1) is 34.5 Å². The molecule has 0 fully saturated rings. The molecule has 0 aliphatic heterocycles. The zero-order chi connectivity index (χ0) is 18.8. The Labute approximate surface area is 129 Å². The van der Waals surface area contributed by atoms with E-state index < -0.39 is 48.9 Å². The van der Waals surface area contributed by atoms with Crippen LogP contribution in [-0.4, -0.2) is 27.1 Å². The quantitative estimate of drug-likeness (QED) is 0.755. The number of aromatic nitrogens is 3. The number of hydrogen-bond acceptors (Lipinski definition) is 4. The molecule has 1 aromatic rings. The van der Waals surface area contributed by atoms with Gasteiger partial charge in [-0.3, -0.25) is 4.68 Å². The van der Waals surface area contributed by atoms with Crippen LogP contribution in [0.15, 0.2) is 6.33 Å². The van der Waals surface area contributed by atoms with Gasteiger partial charge >= 0.3 is 18.3 Å². The van der Waals surface area contributed by atoms with Crippen molar-refractivity contribution in [2.45, 2.75) is 31.2 Å². The SMILES string of the molecule is N#CC(C#N)C(Cn1cnc(C(F)(F)C(F)(F)F)n1)CC(F)(F)F. The first-order chi connectivity index (χ1) is 10.8. The van der Waals surface area contributed by atoms with Crippen LogP contribution >= 0.6 is 0 Å². The molecule has 0 N–H and O–H groups in total. The Morgan fingerprint density at radius 1 is 1.04 bits per heavy atom. The van der Waals surface area contributed by atoms with E-state index in [1.807, 2.05) is 0 Å². The fourth-order valence-corrected chi connectivity index (χ4v) is 1.72. The lowest BCUT2D eigenvalue weighted by Crippen LogP contribution is -2.35. The van der Waals surface area contributed by atoms with Crippen molar-refractivity contribution < 1.29 is 35.1 Å². The van der Waals surface area contributed by atoms with Gasteiger partial charge in [0, 0.05) is 12.5 Å². The molecule has 0 aliphatic rings. The van der Waals surface area contributed by atoms with Crippen molar-refractivity contribution >= 4 is 0 Å². The second-order valence-electron chi connectivity index (χ2n) is 4.68. The Morgan fingerprint density at radius 2 is 1.58 bits per heavy atom. The summed E-state index contributed by atoms with van der Waals surface area (Å²) in [6.07, 6.45) is -12.0. The fourth-order valence-electron chi connectivity index (χ4n) is 1.72. The van der Waals surface area contributed by atoms with Gasteiger partial charge in [0.25, 0.3) is 0 Å². The summed E-state index contributed by atoms with van der Waals surface area (Å²) in [7, 11) is 0. The lowest BCUT2D eigenvalue weighted by atomic mass is 9.91. The van der Waals surface area contributed by atoms with Crippen LogP contribution in [0.5, 0.6) is 0 Å². The second-order valence-corrected chi connectivity index (χ2v) is 4.68. The highest BCUT2D eigenvalue weighted by molar-refractivity contribution is 5.03. The van der Waals surface area contributed by atoms with Gasteiger partial charge in [0.05, 0.1) is 18.6 Å². The van der Waals surface area contributed by atoms with E-state index in [2.05, 4.69) is 10.1 Å². The van der Waals surface area contributed by atoms with Crippen LogP contribution in [0.1, 0.15) is 12.2 Å². The van der Waals surface area contributed by atoms with Gasteiger partial charge in [-0.1, -0.05) is 0 Å². The standard InChI is InChI=1S/C11H7F8N5/c12-9(13,14)1-6(7(2-20)3-21)4-24-5-22-8(23-24)10(15,16)11(17,18)19/h5-7H,1,4H2. The average Bonchev–Trinajstić information content (AvgIpc) is 2.86. The Kier molecular flexibility index (Phi) is 5.38. The Morgan fingerprint density at radius 3 is 2.00 bits per heavy atom. The van der Waals surface area contributed by atoms with Crippen molar-refractivity contribution in [3.8, 4) is 12.1 Å². The first-order valence-electron chi connectivity index (χ1n) is 6.02. The summed E-state index contributed by atoms with van der Waals surface area (Å²) in [5.74, 6) is -10.8. The van der Waals surface area contributed by atoms with Crippen molar-refractivity contribution in [3.63, 3.8) is 0 Å². The second kappa shape index (κ2) is 6.59. The molecule has 0 spiro atoms. The molecule has 1 heterocycles. The maximum absolute atomic E-state index is 13.0. The maximum atomic E-state index is 13.0. The van der Waals surface area contributed by atoms with E-state index in [1.54, 1.807) is 0 Å². The third-order valence-corrected chi connectivity index (χ3v) is 2.84. The number of rotatable bonds is 5. The fraction of sp³-hybridized carbons (Fsp3) is 0.636. The molecule has 24 heavy (non-hydrogen) atoms. The van der Waals surface area contributed by atoms with E-state index in [0.29, 0.717) is 11.0 Å². The molecule has 0 aromatic carbocycles. The van der Waals surface area contributed by atoms with Crippen molar-refractivity contribution in [1.29, 1.82) is 10.5 Å². The molecule has 1 unspecified atom stereocenters. The minimum Gasteiger partial charge on any atom is -0.252 e. The van der Waals surface area contributed by atoms with E-state index in [1.165, 1.54) is 12.1 Å².